The van der Waals surface area contributed by atoms with Crippen molar-refractivity contribution in [1.29, 1.82) is 5.41 Å². The highest BCUT2D eigenvalue weighted by Gasteiger charge is 2.08. The standard InChI is InChI=1S/C8H12N4S/c1-5(2)13-8-6(7(9)10)3-11-4-12-8/h3-5H,1-2H3,(H3,9,10). The highest BCUT2D eigenvalue weighted by molar-refractivity contribution is 7.99. The van der Waals surface area contributed by atoms with Gasteiger partial charge in [0.25, 0.3) is 0 Å². The average molecular weight is 196 g/mol. The lowest BCUT2D eigenvalue weighted by Crippen LogP contribution is -2.13. The van der Waals surface area contributed by atoms with Gasteiger partial charge in [0.1, 0.15) is 17.2 Å². The minimum absolute atomic E-state index is 0.0174. The summed E-state index contributed by atoms with van der Waals surface area (Å²) in [7, 11) is 0. The highest BCUT2D eigenvalue weighted by Crippen LogP contribution is 2.22. The van der Waals surface area contributed by atoms with E-state index in [4.69, 9.17) is 11.1 Å². The second kappa shape index (κ2) is 4.23. The van der Waals surface area contributed by atoms with E-state index >= 15 is 0 Å². The van der Waals surface area contributed by atoms with Crippen LogP contribution < -0.4 is 5.73 Å². The topological polar surface area (TPSA) is 75.7 Å². The molecule has 4 nitrogen and oxygen atoms in total. The fourth-order valence-electron chi connectivity index (χ4n) is 0.820. The van der Waals surface area contributed by atoms with Gasteiger partial charge in [0.05, 0.1) is 5.56 Å². The number of aromatic nitrogens is 2. The molecule has 0 saturated carbocycles. The molecule has 13 heavy (non-hydrogen) atoms. The Morgan fingerprint density at radius 2 is 2.31 bits per heavy atom. The van der Waals surface area contributed by atoms with Crippen molar-refractivity contribution in [3.8, 4) is 0 Å². The van der Waals surface area contributed by atoms with E-state index in [1.165, 1.54) is 6.33 Å². The third kappa shape index (κ3) is 2.69. The van der Waals surface area contributed by atoms with Crippen LogP contribution in [0.4, 0.5) is 0 Å². The monoisotopic (exact) mass is 196 g/mol. The molecule has 0 spiro atoms. The van der Waals surface area contributed by atoms with Crippen LogP contribution in [0.1, 0.15) is 19.4 Å². The van der Waals surface area contributed by atoms with Gasteiger partial charge in [0, 0.05) is 11.4 Å². The van der Waals surface area contributed by atoms with Gasteiger partial charge in [-0.2, -0.15) is 0 Å². The van der Waals surface area contributed by atoms with E-state index in [0.717, 1.165) is 5.03 Å². The summed E-state index contributed by atoms with van der Waals surface area (Å²) in [6.07, 6.45) is 3.04. The van der Waals surface area contributed by atoms with Crippen molar-refractivity contribution in [3.63, 3.8) is 0 Å². The average Bonchev–Trinajstić information content (AvgIpc) is 2.03. The molecule has 1 heterocycles. The van der Waals surface area contributed by atoms with Gasteiger partial charge in [-0.1, -0.05) is 13.8 Å². The molecule has 70 valence electrons. The summed E-state index contributed by atoms with van der Waals surface area (Å²) in [6.45, 7) is 4.13. The van der Waals surface area contributed by atoms with E-state index in [9.17, 15) is 0 Å². The first-order valence-electron chi connectivity index (χ1n) is 3.92. The molecule has 0 saturated heterocycles. The van der Waals surface area contributed by atoms with Gasteiger partial charge in [0.2, 0.25) is 0 Å². The largest absolute Gasteiger partial charge is 0.384 e. The maximum absolute atomic E-state index is 7.30. The third-order valence-electron chi connectivity index (χ3n) is 1.31. The lowest BCUT2D eigenvalue weighted by Gasteiger charge is -2.07. The molecular weight excluding hydrogens is 184 g/mol. The molecule has 5 heteroatoms. The number of nitrogens with one attached hydrogen (secondary N) is 1. The minimum atomic E-state index is 0.0174. The first-order valence-corrected chi connectivity index (χ1v) is 4.80. The summed E-state index contributed by atoms with van der Waals surface area (Å²) in [6, 6.07) is 0. The molecule has 1 rings (SSSR count). The Kier molecular flexibility index (Phi) is 3.25. The van der Waals surface area contributed by atoms with Crippen LogP contribution in [-0.2, 0) is 0 Å². The Morgan fingerprint density at radius 3 is 2.85 bits per heavy atom. The number of nitrogens with zero attached hydrogens (tertiary/aromatic N) is 2. The molecule has 0 bridgehead atoms. The quantitative estimate of drug-likeness (QED) is 0.330. The van der Waals surface area contributed by atoms with E-state index in [1.54, 1.807) is 18.0 Å². The van der Waals surface area contributed by atoms with Gasteiger partial charge in [-0.25, -0.2) is 9.97 Å². The normalized spacial score (nSPS) is 10.4. The van der Waals surface area contributed by atoms with Crippen molar-refractivity contribution in [2.24, 2.45) is 5.73 Å². The molecule has 0 aliphatic heterocycles. The number of nitrogens with two attached hydrogens (primary N) is 1. The smallest absolute Gasteiger partial charge is 0.127 e. The molecular formula is C8H12N4S. The summed E-state index contributed by atoms with van der Waals surface area (Å²) in [5.74, 6) is 0.0174. The molecule has 0 unspecified atom stereocenters. The molecule has 1 aromatic rings. The van der Waals surface area contributed by atoms with Crippen LogP contribution in [0.3, 0.4) is 0 Å². The minimum Gasteiger partial charge on any atom is -0.384 e. The number of thioether (sulfide) groups is 1. The fraction of sp³-hybridized carbons (Fsp3) is 0.375. The van der Waals surface area contributed by atoms with E-state index in [2.05, 4.69) is 23.8 Å². The van der Waals surface area contributed by atoms with Gasteiger partial charge in [-0.05, 0) is 0 Å². The van der Waals surface area contributed by atoms with Crippen LogP contribution in [0.2, 0.25) is 0 Å². The summed E-state index contributed by atoms with van der Waals surface area (Å²) in [4.78, 5) is 7.90. The SMILES string of the molecule is CC(C)Sc1ncncc1C(=N)N. The van der Waals surface area contributed by atoms with E-state index < -0.39 is 0 Å². The van der Waals surface area contributed by atoms with Crippen LogP contribution >= 0.6 is 11.8 Å². The lowest BCUT2D eigenvalue weighted by atomic mass is 10.3. The summed E-state index contributed by atoms with van der Waals surface area (Å²) in [5.41, 5.74) is 5.99. The van der Waals surface area contributed by atoms with Crippen LogP contribution in [0.25, 0.3) is 0 Å². The lowest BCUT2D eigenvalue weighted by molar-refractivity contribution is 1.01. The number of amidine groups is 1. The molecule has 0 aliphatic carbocycles. The maximum Gasteiger partial charge on any atom is 0.127 e. The molecule has 1 aromatic heterocycles. The highest BCUT2D eigenvalue weighted by atomic mass is 32.2. The predicted octanol–water partition coefficient (Wildman–Crippen LogP) is 1.26. The van der Waals surface area contributed by atoms with Crippen molar-refractivity contribution in [2.45, 2.75) is 24.1 Å². The van der Waals surface area contributed by atoms with Gasteiger partial charge in [-0.3, -0.25) is 5.41 Å². The van der Waals surface area contributed by atoms with Gasteiger partial charge in [0.15, 0.2) is 0 Å². The molecule has 0 aromatic carbocycles. The molecule has 0 fully saturated rings. The molecule has 0 aliphatic rings. The van der Waals surface area contributed by atoms with Crippen molar-refractivity contribution in [3.05, 3.63) is 18.1 Å². The Balaban J connectivity index is 2.98. The van der Waals surface area contributed by atoms with Crippen LogP contribution in [0, 0.1) is 5.41 Å². The third-order valence-corrected chi connectivity index (χ3v) is 2.33. The summed E-state index contributed by atoms with van der Waals surface area (Å²) in [5, 5.41) is 8.50. The van der Waals surface area contributed by atoms with Crippen LogP contribution in [0.5, 0.6) is 0 Å². The fourth-order valence-corrected chi connectivity index (χ4v) is 1.66. The second-order valence-electron chi connectivity index (χ2n) is 2.82. The summed E-state index contributed by atoms with van der Waals surface area (Å²) >= 11 is 1.58. The van der Waals surface area contributed by atoms with Crippen molar-refractivity contribution in [2.75, 3.05) is 0 Å². The first kappa shape index (κ1) is 9.98. The van der Waals surface area contributed by atoms with Gasteiger partial charge in [-0.15, -0.1) is 11.8 Å². The van der Waals surface area contributed by atoms with E-state index in [1.807, 2.05) is 0 Å². The number of rotatable bonds is 3. The Bertz CT molecular complexity index is 311. The van der Waals surface area contributed by atoms with Crippen molar-refractivity contribution >= 4 is 17.6 Å². The van der Waals surface area contributed by atoms with Crippen molar-refractivity contribution < 1.29 is 0 Å². The molecule has 0 amide bonds. The molecule has 0 radical (unpaired) electrons. The second-order valence-corrected chi connectivity index (χ2v) is 4.39. The Labute approximate surface area is 81.5 Å². The maximum atomic E-state index is 7.30. The summed E-state index contributed by atoms with van der Waals surface area (Å²) < 4.78 is 0. The zero-order chi connectivity index (χ0) is 9.84. The first-order chi connectivity index (χ1) is 6.11. The zero-order valence-corrected chi connectivity index (χ0v) is 8.43. The van der Waals surface area contributed by atoms with Gasteiger partial charge < -0.3 is 5.73 Å². The molecule has 0 atom stereocenters. The van der Waals surface area contributed by atoms with Gasteiger partial charge >= 0.3 is 0 Å². The van der Waals surface area contributed by atoms with Crippen LogP contribution in [0.15, 0.2) is 17.6 Å². The number of hydrogen-bond acceptors (Lipinski definition) is 4. The Morgan fingerprint density at radius 1 is 1.62 bits per heavy atom. The van der Waals surface area contributed by atoms with Crippen LogP contribution in [-0.4, -0.2) is 21.1 Å². The zero-order valence-electron chi connectivity index (χ0n) is 7.61. The molecule has 3 N–H and O–H groups in total. The van der Waals surface area contributed by atoms with Crippen molar-refractivity contribution in [1.82, 2.24) is 9.97 Å². The Hall–Kier alpha value is -1.10. The number of hydrogen-bond donors (Lipinski definition) is 2. The number of nitrogen functional groups attached to an aromatic ring is 1. The van der Waals surface area contributed by atoms with E-state index in [0.29, 0.717) is 10.8 Å². The van der Waals surface area contributed by atoms with E-state index in [-0.39, 0.29) is 5.84 Å². The predicted molar refractivity (Wildman–Crippen MR) is 54.0 cm³/mol.